The lowest BCUT2D eigenvalue weighted by atomic mass is 10.1. The molecule has 2 aliphatic rings. The van der Waals surface area contributed by atoms with E-state index in [1.807, 2.05) is 43.0 Å². The molecule has 136 valence electrons. The van der Waals surface area contributed by atoms with Gasteiger partial charge in [-0.15, -0.1) is 0 Å². The van der Waals surface area contributed by atoms with Crippen LogP contribution in [-0.2, 0) is 20.9 Å². The van der Waals surface area contributed by atoms with Gasteiger partial charge in [0.15, 0.2) is 0 Å². The van der Waals surface area contributed by atoms with Crippen molar-refractivity contribution in [3.63, 3.8) is 0 Å². The van der Waals surface area contributed by atoms with Crippen molar-refractivity contribution in [3.05, 3.63) is 29.8 Å². The van der Waals surface area contributed by atoms with Crippen LogP contribution in [0, 0.1) is 5.92 Å². The van der Waals surface area contributed by atoms with E-state index in [4.69, 9.17) is 9.47 Å². The monoisotopic (exact) mass is 346 g/mol. The molecule has 3 atom stereocenters. The van der Waals surface area contributed by atoms with Crippen molar-refractivity contribution in [2.45, 2.75) is 39.0 Å². The summed E-state index contributed by atoms with van der Waals surface area (Å²) in [5, 5.41) is 0. The van der Waals surface area contributed by atoms with Crippen molar-refractivity contribution in [3.8, 4) is 5.75 Å². The molecule has 2 heterocycles. The fourth-order valence-electron chi connectivity index (χ4n) is 3.66. The Morgan fingerprint density at radius 1 is 1.16 bits per heavy atom. The van der Waals surface area contributed by atoms with Crippen LogP contribution in [0.25, 0.3) is 0 Å². The van der Waals surface area contributed by atoms with Crippen molar-refractivity contribution in [1.29, 1.82) is 0 Å². The summed E-state index contributed by atoms with van der Waals surface area (Å²) in [6.45, 7) is 6.18. The minimum atomic E-state index is -0.247. The summed E-state index contributed by atoms with van der Waals surface area (Å²) in [7, 11) is 1.63. The van der Waals surface area contributed by atoms with Crippen LogP contribution in [0.3, 0.4) is 0 Å². The highest BCUT2D eigenvalue weighted by Crippen LogP contribution is 2.24. The molecule has 0 saturated carbocycles. The van der Waals surface area contributed by atoms with E-state index in [1.165, 1.54) is 0 Å². The summed E-state index contributed by atoms with van der Waals surface area (Å²) in [6, 6.07) is 7.67. The van der Waals surface area contributed by atoms with Gasteiger partial charge in [-0.05, 0) is 31.5 Å². The van der Waals surface area contributed by atoms with Crippen molar-refractivity contribution in [1.82, 2.24) is 9.80 Å². The smallest absolute Gasteiger partial charge is 0.228 e. The lowest BCUT2D eigenvalue weighted by Crippen LogP contribution is -2.50. The molecule has 0 unspecified atom stereocenters. The number of hydrogen-bond donors (Lipinski definition) is 0. The first kappa shape index (κ1) is 17.7. The summed E-state index contributed by atoms with van der Waals surface area (Å²) >= 11 is 0. The molecular weight excluding hydrogens is 320 g/mol. The Kier molecular flexibility index (Phi) is 5.27. The van der Waals surface area contributed by atoms with E-state index in [2.05, 4.69) is 0 Å². The number of nitrogens with zero attached hydrogens (tertiary/aromatic N) is 2. The largest absolute Gasteiger partial charge is 0.497 e. The molecule has 2 amide bonds. The van der Waals surface area contributed by atoms with Gasteiger partial charge < -0.3 is 19.3 Å². The lowest BCUT2D eigenvalue weighted by molar-refractivity contribution is -0.147. The SMILES string of the molecule is COc1ccc(CN2C[C@@H](C(=O)N3C[C@@H](C)O[C@@H](C)C3)CC2=O)cc1. The van der Waals surface area contributed by atoms with E-state index in [-0.39, 0.29) is 29.9 Å². The zero-order chi connectivity index (χ0) is 18.0. The number of carbonyl (C=O) groups is 2. The van der Waals surface area contributed by atoms with Gasteiger partial charge in [0, 0.05) is 32.6 Å². The predicted molar refractivity (Wildman–Crippen MR) is 93.1 cm³/mol. The summed E-state index contributed by atoms with van der Waals surface area (Å²) in [5.74, 6) is 0.666. The fraction of sp³-hybridized carbons (Fsp3) is 0.579. The van der Waals surface area contributed by atoms with Crippen LogP contribution in [0.2, 0.25) is 0 Å². The molecule has 2 fully saturated rings. The van der Waals surface area contributed by atoms with E-state index in [0.29, 0.717) is 32.6 Å². The van der Waals surface area contributed by atoms with Crippen molar-refractivity contribution in [2.75, 3.05) is 26.7 Å². The second-order valence-corrected chi connectivity index (χ2v) is 7.02. The Morgan fingerprint density at radius 3 is 2.40 bits per heavy atom. The normalized spacial score (nSPS) is 26.8. The number of hydrogen-bond acceptors (Lipinski definition) is 4. The molecule has 6 heteroatoms. The third kappa shape index (κ3) is 4.12. The summed E-state index contributed by atoms with van der Waals surface area (Å²) in [5.41, 5.74) is 1.04. The molecular formula is C19H26N2O4. The molecule has 0 radical (unpaired) electrons. The van der Waals surface area contributed by atoms with Gasteiger partial charge in [-0.25, -0.2) is 0 Å². The Labute approximate surface area is 148 Å². The average Bonchev–Trinajstić information content (AvgIpc) is 2.94. The number of methoxy groups -OCH3 is 1. The molecule has 6 nitrogen and oxygen atoms in total. The molecule has 2 aliphatic heterocycles. The summed E-state index contributed by atoms with van der Waals surface area (Å²) in [6.07, 6.45) is 0.384. The first-order valence-electron chi connectivity index (χ1n) is 8.81. The van der Waals surface area contributed by atoms with Gasteiger partial charge in [-0.3, -0.25) is 9.59 Å². The first-order chi connectivity index (χ1) is 12.0. The minimum absolute atomic E-state index is 0.0419. The molecule has 0 N–H and O–H groups in total. The fourth-order valence-corrected chi connectivity index (χ4v) is 3.66. The van der Waals surface area contributed by atoms with Crippen molar-refractivity contribution < 1.29 is 19.1 Å². The van der Waals surface area contributed by atoms with Gasteiger partial charge >= 0.3 is 0 Å². The quantitative estimate of drug-likeness (QED) is 0.832. The maximum absolute atomic E-state index is 12.8. The molecule has 3 rings (SSSR count). The Hall–Kier alpha value is -2.08. The molecule has 0 spiro atoms. The Bertz CT molecular complexity index is 621. The van der Waals surface area contributed by atoms with E-state index < -0.39 is 0 Å². The van der Waals surface area contributed by atoms with Crippen molar-refractivity contribution >= 4 is 11.8 Å². The molecule has 0 aromatic heterocycles. The Balaban J connectivity index is 1.60. The third-order valence-corrected chi connectivity index (χ3v) is 4.83. The van der Waals surface area contributed by atoms with Gasteiger partial charge in [0.2, 0.25) is 11.8 Å². The second-order valence-electron chi connectivity index (χ2n) is 7.02. The van der Waals surface area contributed by atoms with Crippen LogP contribution < -0.4 is 4.74 Å². The van der Waals surface area contributed by atoms with Crippen molar-refractivity contribution in [2.24, 2.45) is 5.92 Å². The highest BCUT2D eigenvalue weighted by atomic mass is 16.5. The highest BCUT2D eigenvalue weighted by molar-refractivity contribution is 5.89. The zero-order valence-corrected chi connectivity index (χ0v) is 15.1. The van der Waals surface area contributed by atoms with Gasteiger partial charge in [0.05, 0.1) is 25.2 Å². The standard InChI is InChI=1S/C19H26N2O4/c1-13-9-21(10-14(2)25-13)19(23)16-8-18(22)20(12-16)11-15-4-6-17(24-3)7-5-15/h4-7,13-14,16H,8-12H2,1-3H3/t13-,14+,16-/m0/s1. The molecule has 2 saturated heterocycles. The van der Waals surface area contributed by atoms with E-state index in [0.717, 1.165) is 11.3 Å². The van der Waals surface area contributed by atoms with Crippen LogP contribution in [-0.4, -0.2) is 60.6 Å². The number of benzene rings is 1. The van der Waals surface area contributed by atoms with Crippen LogP contribution >= 0.6 is 0 Å². The predicted octanol–water partition coefficient (Wildman–Crippen LogP) is 1.68. The number of morpholine rings is 1. The van der Waals surface area contributed by atoms with Crippen LogP contribution in [0.1, 0.15) is 25.8 Å². The molecule has 0 bridgehead atoms. The van der Waals surface area contributed by atoms with Gasteiger partial charge in [0.1, 0.15) is 5.75 Å². The maximum atomic E-state index is 12.8. The molecule has 1 aromatic rings. The lowest BCUT2D eigenvalue weighted by Gasteiger charge is -2.36. The maximum Gasteiger partial charge on any atom is 0.228 e. The number of ether oxygens (including phenoxy) is 2. The van der Waals surface area contributed by atoms with E-state index in [9.17, 15) is 9.59 Å². The van der Waals surface area contributed by atoms with Gasteiger partial charge in [-0.2, -0.15) is 0 Å². The van der Waals surface area contributed by atoms with Gasteiger partial charge in [-0.1, -0.05) is 12.1 Å². The number of carbonyl (C=O) groups excluding carboxylic acids is 2. The van der Waals surface area contributed by atoms with E-state index in [1.54, 1.807) is 12.0 Å². The highest BCUT2D eigenvalue weighted by Gasteiger charge is 2.38. The number of rotatable bonds is 4. The Morgan fingerprint density at radius 2 is 1.80 bits per heavy atom. The third-order valence-electron chi connectivity index (χ3n) is 4.83. The molecule has 25 heavy (non-hydrogen) atoms. The number of amides is 2. The number of likely N-dealkylation sites (tertiary alicyclic amines) is 1. The summed E-state index contributed by atoms with van der Waals surface area (Å²) in [4.78, 5) is 28.8. The first-order valence-corrected chi connectivity index (χ1v) is 8.81. The molecule has 0 aliphatic carbocycles. The van der Waals surface area contributed by atoms with Gasteiger partial charge in [0.25, 0.3) is 0 Å². The van der Waals surface area contributed by atoms with Crippen LogP contribution in [0.15, 0.2) is 24.3 Å². The zero-order valence-electron chi connectivity index (χ0n) is 15.1. The minimum Gasteiger partial charge on any atom is -0.497 e. The molecule has 1 aromatic carbocycles. The second kappa shape index (κ2) is 7.44. The topological polar surface area (TPSA) is 59.1 Å². The van der Waals surface area contributed by atoms with Crippen LogP contribution in [0.5, 0.6) is 5.75 Å². The average molecular weight is 346 g/mol. The summed E-state index contributed by atoms with van der Waals surface area (Å²) < 4.78 is 10.8. The van der Waals surface area contributed by atoms with Crippen LogP contribution in [0.4, 0.5) is 0 Å². The van der Waals surface area contributed by atoms with E-state index >= 15 is 0 Å².